The molecule has 0 rings (SSSR count). The molecular weight excluding hydrogens is 641 g/mol. The van der Waals surface area contributed by atoms with Crippen molar-refractivity contribution in [3.05, 3.63) is 12.7 Å². The zero-order valence-electron chi connectivity index (χ0n) is 16.7. The number of rotatable bonds is 10. The van der Waals surface area contributed by atoms with E-state index in [2.05, 4.69) is 0 Å². The highest BCUT2D eigenvalue weighted by Crippen LogP contribution is 2.59. The summed E-state index contributed by atoms with van der Waals surface area (Å²) in [6.07, 6.45) is -58.1. The Balaban J connectivity index is 7.16. The van der Waals surface area contributed by atoms with Crippen LogP contribution in [0.5, 0.6) is 0 Å². The van der Waals surface area contributed by atoms with Gasteiger partial charge in [-0.2, -0.15) is 101 Å². The fraction of sp³-hybridized carbons (Fsp3) is 0.846. The Labute approximate surface area is 196 Å². The molecule has 0 saturated carbocycles. The zero-order chi connectivity index (χ0) is 32.3. The molecule has 234 valence electrons. The van der Waals surface area contributed by atoms with Crippen LogP contribution in [0.2, 0.25) is 0 Å². The Bertz CT molecular complexity index is 882. The smallest absolute Gasteiger partial charge is 0.266 e. The summed E-state index contributed by atoms with van der Waals surface area (Å²) in [7, 11) is 0. The summed E-state index contributed by atoms with van der Waals surface area (Å²) in [6.45, 7) is 1.74. The maximum absolute atomic E-state index is 14.0. The van der Waals surface area contributed by atoms with Crippen molar-refractivity contribution in [3.8, 4) is 0 Å². The Morgan fingerprint density at radius 3 is 0.872 bits per heavy atom. The minimum absolute atomic E-state index is 1.03. The molecule has 3 atom stereocenters. The molecule has 0 heterocycles. The van der Waals surface area contributed by atoms with Crippen LogP contribution >= 0.6 is 0 Å². The van der Waals surface area contributed by atoms with Gasteiger partial charge in [-0.15, -0.1) is 0 Å². The summed E-state index contributed by atoms with van der Waals surface area (Å²) in [5, 5.41) is 0. The summed E-state index contributed by atoms with van der Waals surface area (Å²) >= 11 is 0. The lowest BCUT2D eigenvalue weighted by molar-refractivity contribution is -0.578. The van der Waals surface area contributed by atoms with E-state index in [1.165, 1.54) is 0 Å². The van der Waals surface area contributed by atoms with Crippen LogP contribution in [0.3, 0.4) is 0 Å². The first-order valence-electron chi connectivity index (χ1n) is 8.02. The van der Waals surface area contributed by atoms with Gasteiger partial charge in [-0.1, -0.05) is 6.58 Å². The van der Waals surface area contributed by atoms with Crippen LogP contribution in [0.4, 0.5) is 101 Å². The van der Waals surface area contributed by atoms with E-state index in [1.54, 1.807) is 11.3 Å². The van der Waals surface area contributed by atoms with Crippen molar-refractivity contribution in [2.24, 2.45) is 0 Å². The van der Waals surface area contributed by atoms with E-state index in [9.17, 15) is 101 Å². The van der Waals surface area contributed by atoms with E-state index in [-0.39, 0.29) is 0 Å². The molecular formula is C13H3F23O3. The third-order valence-electron chi connectivity index (χ3n) is 3.66. The SMILES string of the molecule is C=CC(F)(OC(F)(F)C(F)(OC(F)(F)C(F)(OC(F)(F)C(F)(F)C(F)(F)F)C(F)(F)F)C(F)(F)F)C(F)(F)F. The van der Waals surface area contributed by atoms with Crippen molar-refractivity contribution in [1.82, 2.24) is 0 Å². The number of halogens is 23. The average Bonchev–Trinajstić information content (AvgIpc) is 2.62. The van der Waals surface area contributed by atoms with Crippen molar-refractivity contribution in [3.63, 3.8) is 0 Å². The van der Waals surface area contributed by atoms with Gasteiger partial charge in [-0.3, -0.25) is 14.2 Å². The van der Waals surface area contributed by atoms with Crippen LogP contribution in [-0.4, -0.2) is 66.5 Å². The first-order chi connectivity index (χ1) is 16.4. The second kappa shape index (κ2) is 9.54. The van der Waals surface area contributed by atoms with E-state index in [0.717, 1.165) is 9.47 Å². The van der Waals surface area contributed by atoms with Gasteiger partial charge in [0.2, 0.25) is 0 Å². The second-order valence-corrected chi connectivity index (χ2v) is 6.46. The van der Waals surface area contributed by atoms with Gasteiger partial charge < -0.3 is 0 Å². The van der Waals surface area contributed by atoms with Crippen LogP contribution in [0.25, 0.3) is 0 Å². The first kappa shape index (κ1) is 37.0. The zero-order valence-corrected chi connectivity index (χ0v) is 16.7. The summed E-state index contributed by atoms with van der Waals surface area (Å²) in [6, 6.07) is 0. The Morgan fingerprint density at radius 2 is 0.641 bits per heavy atom. The van der Waals surface area contributed by atoms with E-state index in [1.807, 2.05) is 0 Å². The Kier molecular flexibility index (Phi) is 9.06. The van der Waals surface area contributed by atoms with E-state index in [4.69, 9.17) is 0 Å². The van der Waals surface area contributed by atoms with Gasteiger partial charge in [0.15, 0.2) is 0 Å². The van der Waals surface area contributed by atoms with Crippen molar-refractivity contribution < 1.29 is 115 Å². The third kappa shape index (κ3) is 6.19. The fourth-order valence-corrected chi connectivity index (χ4v) is 1.68. The topological polar surface area (TPSA) is 27.7 Å². The standard InChI is InChI=1S/C13H3F23O3/c1-2-3(14,7(19,20)21)37-12(33,34)5(17,9(25,26)27)39-13(35,36)6(18,10(28,29)30)38-11(31,32)4(15,16)8(22,23)24/h2H,1H2. The molecule has 0 aromatic carbocycles. The third-order valence-corrected chi connectivity index (χ3v) is 3.66. The molecule has 0 aliphatic heterocycles. The maximum Gasteiger partial charge on any atom is 0.462 e. The van der Waals surface area contributed by atoms with Gasteiger partial charge in [0.25, 0.3) is 0 Å². The Morgan fingerprint density at radius 1 is 0.359 bits per heavy atom. The second-order valence-electron chi connectivity index (χ2n) is 6.46. The Hall–Kier alpha value is -1.99. The molecule has 0 aliphatic rings. The maximum atomic E-state index is 14.0. The number of alkyl halides is 23. The van der Waals surface area contributed by atoms with Crippen LogP contribution in [0.1, 0.15) is 0 Å². The molecule has 0 fully saturated rings. The summed E-state index contributed by atoms with van der Waals surface area (Å²) in [4.78, 5) is 0. The van der Waals surface area contributed by atoms with E-state index in [0.29, 0.717) is 0 Å². The molecule has 0 aromatic rings. The minimum atomic E-state index is -8.64. The number of hydrogen-bond donors (Lipinski definition) is 0. The fourth-order valence-electron chi connectivity index (χ4n) is 1.68. The molecule has 3 nitrogen and oxygen atoms in total. The number of hydrogen-bond acceptors (Lipinski definition) is 3. The predicted molar refractivity (Wildman–Crippen MR) is 69.0 cm³/mol. The summed E-state index contributed by atoms with van der Waals surface area (Å²) in [5.41, 5.74) is 0. The molecule has 26 heteroatoms. The molecule has 0 radical (unpaired) electrons. The van der Waals surface area contributed by atoms with Crippen molar-refractivity contribution >= 4 is 0 Å². The molecule has 0 bridgehead atoms. The molecule has 0 aromatic heterocycles. The molecule has 0 saturated heterocycles. The van der Waals surface area contributed by atoms with E-state index >= 15 is 0 Å². The van der Waals surface area contributed by atoms with Crippen molar-refractivity contribution in [2.45, 2.75) is 66.5 Å². The number of ether oxygens (including phenoxy) is 3. The van der Waals surface area contributed by atoms with Gasteiger partial charge >= 0.3 is 66.5 Å². The van der Waals surface area contributed by atoms with Gasteiger partial charge in [0, 0.05) is 0 Å². The first-order valence-corrected chi connectivity index (χ1v) is 8.02. The molecule has 39 heavy (non-hydrogen) atoms. The highest BCUT2D eigenvalue weighted by Gasteiger charge is 2.88. The predicted octanol–water partition coefficient (Wildman–Crippen LogP) is 7.88. The van der Waals surface area contributed by atoms with E-state index < -0.39 is 72.6 Å². The van der Waals surface area contributed by atoms with Gasteiger partial charge in [-0.25, -0.2) is 0 Å². The van der Waals surface area contributed by atoms with Crippen LogP contribution in [-0.2, 0) is 14.2 Å². The van der Waals surface area contributed by atoms with Crippen LogP contribution < -0.4 is 0 Å². The summed E-state index contributed by atoms with van der Waals surface area (Å²) < 4.78 is 301. The van der Waals surface area contributed by atoms with Crippen LogP contribution in [0, 0.1) is 0 Å². The van der Waals surface area contributed by atoms with Crippen LogP contribution in [0.15, 0.2) is 12.7 Å². The monoisotopic (exact) mass is 644 g/mol. The van der Waals surface area contributed by atoms with Gasteiger partial charge in [0.05, 0.1) is 0 Å². The normalized spacial score (nSPS) is 20.2. The lowest BCUT2D eigenvalue weighted by Crippen LogP contribution is -2.70. The molecule has 0 N–H and O–H groups in total. The lowest BCUT2D eigenvalue weighted by Gasteiger charge is -2.42. The van der Waals surface area contributed by atoms with Gasteiger partial charge in [-0.05, 0) is 6.08 Å². The molecule has 0 spiro atoms. The van der Waals surface area contributed by atoms with Crippen molar-refractivity contribution in [2.75, 3.05) is 0 Å². The molecule has 0 aliphatic carbocycles. The quantitative estimate of drug-likeness (QED) is 0.179. The highest BCUT2D eigenvalue weighted by molar-refractivity contribution is 5.00. The largest absolute Gasteiger partial charge is 0.462 e. The molecule has 0 amide bonds. The lowest BCUT2D eigenvalue weighted by atomic mass is 10.2. The van der Waals surface area contributed by atoms with Gasteiger partial charge in [0.1, 0.15) is 0 Å². The van der Waals surface area contributed by atoms with Crippen molar-refractivity contribution in [1.29, 1.82) is 0 Å². The summed E-state index contributed by atoms with van der Waals surface area (Å²) in [5.74, 6) is -31.6. The average molecular weight is 644 g/mol. The molecule has 3 unspecified atom stereocenters. The minimum Gasteiger partial charge on any atom is -0.266 e. The highest BCUT2D eigenvalue weighted by atomic mass is 19.4.